The van der Waals surface area contributed by atoms with Crippen LogP contribution < -0.4 is 19.9 Å². The summed E-state index contributed by atoms with van der Waals surface area (Å²) < 4.78 is 16.7. The van der Waals surface area contributed by atoms with Crippen molar-refractivity contribution in [1.82, 2.24) is 4.90 Å². The largest absolute Gasteiger partial charge is 0.497 e. The Hall–Kier alpha value is -2.50. The third kappa shape index (κ3) is 2.39. The average molecular weight is 378 g/mol. The highest BCUT2D eigenvalue weighted by atomic mass is 16.5. The van der Waals surface area contributed by atoms with Crippen molar-refractivity contribution in [1.29, 1.82) is 0 Å². The second kappa shape index (κ2) is 6.26. The van der Waals surface area contributed by atoms with Crippen molar-refractivity contribution in [2.75, 3.05) is 27.9 Å². The lowest BCUT2D eigenvalue weighted by molar-refractivity contribution is 0.122. The van der Waals surface area contributed by atoms with Gasteiger partial charge in [-0.2, -0.15) is 0 Å². The topological polar surface area (TPSA) is 57.0 Å². The molecule has 1 fully saturated rings. The van der Waals surface area contributed by atoms with Crippen LogP contribution in [0.3, 0.4) is 0 Å². The highest BCUT2D eigenvalue weighted by Crippen LogP contribution is 2.45. The van der Waals surface area contributed by atoms with E-state index in [1.165, 1.54) is 27.3 Å². The van der Waals surface area contributed by atoms with E-state index in [0.717, 1.165) is 55.0 Å². The van der Waals surface area contributed by atoms with Crippen LogP contribution in [0.4, 0.5) is 0 Å². The van der Waals surface area contributed by atoms with Crippen LogP contribution in [0.2, 0.25) is 0 Å². The fourth-order valence-corrected chi connectivity index (χ4v) is 5.09. The van der Waals surface area contributed by atoms with E-state index in [4.69, 9.17) is 19.9 Å². The third-order valence-electron chi connectivity index (χ3n) is 6.55. The van der Waals surface area contributed by atoms with Crippen molar-refractivity contribution in [2.45, 2.75) is 31.5 Å². The Bertz CT molecular complexity index is 1090. The Labute approximate surface area is 165 Å². The van der Waals surface area contributed by atoms with E-state index >= 15 is 0 Å². The zero-order valence-electron chi connectivity index (χ0n) is 16.7. The van der Waals surface area contributed by atoms with Crippen LogP contribution in [0.1, 0.15) is 24.0 Å². The average Bonchev–Trinajstić information content (AvgIpc) is 3.11. The summed E-state index contributed by atoms with van der Waals surface area (Å²) in [7, 11) is 5.07. The van der Waals surface area contributed by atoms with Gasteiger partial charge in [0, 0.05) is 19.5 Å². The molecule has 2 N–H and O–H groups in total. The maximum atomic E-state index is 6.84. The number of ether oxygens (including phenoxy) is 3. The summed E-state index contributed by atoms with van der Waals surface area (Å²) in [6.45, 7) is 1.95. The first-order chi connectivity index (χ1) is 13.6. The minimum absolute atomic E-state index is 0.243. The molecule has 1 atom stereocenters. The van der Waals surface area contributed by atoms with Crippen molar-refractivity contribution < 1.29 is 14.2 Å². The molecule has 2 aliphatic rings. The number of nitrogens with two attached hydrogens (primary N) is 1. The molecule has 2 aliphatic heterocycles. The molecule has 0 saturated carbocycles. The van der Waals surface area contributed by atoms with Gasteiger partial charge in [-0.15, -0.1) is 0 Å². The molecule has 0 bridgehead atoms. The summed E-state index contributed by atoms with van der Waals surface area (Å²) in [5.74, 6) is 2.34. The van der Waals surface area contributed by atoms with Gasteiger partial charge in [0.15, 0.2) is 11.5 Å². The standard InChI is InChI=1S/C23H26N2O3/c1-26-14-5-6-15-16(9-14)17-10-21(27-2)22(28-3)11-18(17)19-12-23(24)7-4-8-25(23)13-20(15)19/h5-6,9-11H,4,7-8,12-13,24H2,1-3H3/t23-/m1/s1. The first-order valence-corrected chi connectivity index (χ1v) is 9.79. The quantitative estimate of drug-likeness (QED) is 0.702. The van der Waals surface area contributed by atoms with Crippen LogP contribution >= 0.6 is 0 Å². The number of benzene rings is 3. The van der Waals surface area contributed by atoms with Crippen LogP contribution in [0, 0.1) is 0 Å². The van der Waals surface area contributed by atoms with E-state index in [1.54, 1.807) is 21.3 Å². The summed E-state index contributed by atoms with van der Waals surface area (Å²) in [5.41, 5.74) is 9.31. The van der Waals surface area contributed by atoms with E-state index in [2.05, 4.69) is 29.2 Å². The van der Waals surface area contributed by atoms with Gasteiger partial charge in [0.2, 0.25) is 0 Å². The van der Waals surface area contributed by atoms with Crippen LogP contribution in [0.25, 0.3) is 21.5 Å². The molecule has 0 aromatic heterocycles. The lowest BCUT2D eigenvalue weighted by Gasteiger charge is -2.41. The smallest absolute Gasteiger partial charge is 0.161 e. The zero-order chi connectivity index (χ0) is 19.5. The van der Waals surface area contributed by atoms with Crippen LogP contribution in [0.5, 0.6) is 17.2 Å². The van der Waals surface area contributed by atoms with Crippen molar-refractivity contribution in [3.8, 4) is 17.2 Å². The number of hydrogen-bond donors (Lipinski definition) is 1. The normalized spacial score (nSPS) is 21.6. The molecule has 146 valence electrons. The van der Waals surface area contributed by atoms with Crippen LogP contribution in [-0.4, -0.2) is 38.4 Å². The minimum Gasteiger partial charge on any atom is -0.497 e. The molecule has 28 heavy (non-hydrogen) atoms. The molecule has 3 aromatic carbocycles. The summed E-state index contributed by atoms with van der Waals surface area (Å²) in [6, 6.07) is 10.5. The van der Waals surface area contributed by atoms with Crippen molar-refractivity contribution in [3.05, 3.63) is 41.5 Å². The Morgan fingerprint density at radius 1 is 0.857 bits per heavy atom. The molecule has 0 aliphatic carbocycles. The van der Waals surface area contributed by atoms with Crippen LogP contribution in [0.15, 0.2) is 30.3 Å². The van der Waals surface area contributed by atoms with Gasteiger partial charge in [-0.3, -0.25) is 4.90 Å². The van der Waals surface area contributed by atoms with Crippen molar-refractivity contribution >= 4 is 21.5 Å². The van der Waals surface area contributed by atoms with Gasteiger partial charge in [-0.1, -0.05) is 6.07 Å². The van der Waals surface area contributed by atoms with Gasteiger partial charge >= 0.3 is 0 Å². The molecular formula is C23H26N2O3. The maximum Gasteiger partial charge on any atom is 0.161 e. The Kier molecular flexibility index (Phi) is 3.93. The van der Waals surface area contributed by atoms with Gasteiger partial charge in [0.25, 0.3) is 0 Å². The van der Waals surface area contributed by atoms with E-state index in [0.29, 0.717) is 0 Å². The lowest BCUT2D eigenvalue weighted by Crippen LogP contribution is -2.55. The first-order valence-electron chi connectivity index (χ1n) is 9.79. The lowest BCUT2D eigenvalue weighted by atomic mass is 9.83. The number of fused-ring (bicyclic) bond motifs is 7. The van der Waals surface area contributed by atoms with E-state index in [9.17, 15) is 0 Å². The molecule has 0 radical (unpaired) electrons. The SMILES string of the molecule is COc1ccc2c3c(c4cc(OC)c(OC)cc4c2c1)C[C@@]1(N)CCCN1C3. The highest BCUT2D eigenvalue weighted by molar-refractivity contribution is 6.12. The maximum absolute atomic E-state index is 6.84. The summed E-state index contributed by atoms with van der Waals surface area (Å²) in [5, 5.41) is 4.80. The number of rotatable bonds is 3. The molecule has 5 nitrogen and oxygen atoms in total. The Balaban J connectivity index is 1.89. The second-order valence-corrected chi connectivity index (χ2v) is 7.93. The van der Waals surface area contributed by atoms with Crippen molar-refractivity contribution in [2.24, 2.45) is 5.73 Å². The zero-order valence-corrected chi connectivity index (χ0v) is 16.7. The molecular weight excluding hydrogens is 352 g/mol. The van der Waals surface area contributed by atoms with E-state index < -0.39 is 0 Å². The summed E-state index contributed by atoms with van der Waals surface area (Å²) >= 11 is 0. The molecule has 0 unspecified atom stereocenters. The molecule has 3 aromatic rings. The highest BCUT2D eigenvalue weighted by Gasteiger charge is 2.42. The van der Waals surface area contributed by atoms with E-state index in [1.807, 2.05) is 6.07 Å². The number of nitrogens with zero attached hydrogens (tertiary/aromatic N) is 1. The van der Waals surface area contributed by atoms with Gasteiger partial charge in [0.1, 0.15) is 5.75 Å². The van der Waals surface area contributed by atoms with Crippen LogP contribution in [-0.2, 0) is 13.0 Å². The predicted molar refractivity (Wildman–Crippen MR) is 111 cm³/mol. The third-order valence-corrected chi connectivity index (χ3v) is 6.55. The Morgan fingerprint density at radius 3 is 2.29 bits per heavy atom. The molecule has 2 heterocycles. The fourth-order valence-electron chi connectivity index (χ4n) is 5.09. The fraction of sp³-hybridized carbons (Fsp3) is 0.391. The number of methoxy groups -OCH3 is 3. The first kappa shape index (κ1) is 17.6. The molecule has 5 heteroatoms. The molecule has 1 saturated heterocycles. The van der Waals surface area contributed by atoms with Gasteiger partial charge in [-0.25, -0.2) is 0 Å². The molecule has 5 rings (SSSR count). The predicted octanol–water partition coefficient (Wildman–Crippen LogP) is 3.83. The number of hydrogen-bond acceptors (Lipinski definition) is 5. The molecule has 0 spiro atoms. The second-order valence-electron chi connectivity index (χ2n) is 7.93. The van der Waals surface area contributed by atoms with Gasteiger partial charge < -0.3 is 19.9 Å². The summed E-state index contributed by atoms with van der Waals surface area (Å²) in [4.78, 5) is 2.45. The monoisotopic (exact) mass is 378 g/mol. The minimum atomic E-state index is -0.243. The van der Waals surface area contributed by atoms with Gasteiger partial charge in [-0.05, 0) is 69.8 Å². The molecule has 0 amide bonds. The summed E-state index contributed by atoms with van der Waals surface area (Å²) in [6.07, 6.45) is 3.06. The Morgan fingerprint density at radius 2 is 1.57 bits per heavy atom. The van der Waals surface area contributed by atoms with Crippen molar-refractivity contribution in [3.63, 3.8) is 0 Å². The van der Waals surface area contributed by atoms with Gasteiger partial charge in [0.05, 0.1) is 27.0 Å². The van der Waals surface area contributed by atoms with E-state index in [-0.39, 0.29) is 5.66 Å².